The molecule has 1 aliphatic carbocycles. The number of nitrogens with zero attached hydrogens (tertiary/aromatic N) is 3. The van der Waals surface area contributed by atoms with E-state index >= 15 is 4.39 Å². The van der Waals surface area contributed by atoms with Crippen molar-refractivity contribution in [3.8, 4) is 0 Å². The van der Waals surface area contributed by atoms with E-state index in [-0.39, 0.29) is 28.8 Å². The number of halogens is 4. The first-order valence-corrected chi connectivity index (χ1v) is 16.4. The van der Waals surface area contributed by atoms with Gasteiger partial charge in [0.1, 0.15) is 5.82 Å². The Morgan fingerprint density at radius 2 is 1.64 bits per heavy atom. The smallest absolute Gasteiger partial charge is 0.372 e. The molecule has 250 valence electrons. The number of carbonyl (C=O) groups is 2. The first kappa shape index (κ1) is 33.0. The summed E-state index contributed by atoms with van der Waals surface area (Å²) in [5.41, 5.74) is 1.49. The first-order valence-electron chi connectivity index (χ1n) is 16.4. The van der Waals surface area contributed by atoms with Gasteiger partial charge in [0.25, 0.3) is 5.91 Å². The van der Waals surface area contributed by atoms with Crippen molar-refractivity contribution in [2.75, 3.05) is 37.4 Å². The minimum Gasteiger partial charge on any atom is -0.372 e. The minimum absolute atomic E-state index is 0.0298. The second-order valence-electron chi connectivity index (χ2n) is 13.6. The van der Waals surface area contributed by atoms with Crippen LogP contribution < -0.4 is 10.2 Å². The van der Waals surface area contributed by atoms with Crippen molar-refractivity contribution in [1.29, 1.82) is 0 Å². The number of likely N-dealkylation sites (tertiary alicyclic amines) is 2. The zero-order chi connectivity index (χ0) is 33.6. The molecule has 0 bridgehead atoms. The van der Waals surface area contributed by atoms with Crippen LogP contribution in [-0.4, -0.2) is 60.9 Å². The molecule has 0 aromatic heterocycles. The molecule has 1 saturated carbocycles. The third-order valence-electron chi connectivity index (χ3n) is 10.5. The Kier molecular flexibility index (Phi) is 9.09. The van der Waals surface area contributed by atoms with Crippen molar-refractivity contribution < 1.29 is 27.2 Å². The molecule has 3 aromatic carbocycles. The molecule has 6 rings (SSSR count). The number of likely N-dealkylation sites (N-methyl/N-ethyl adjacent to an activating group) is 1. The van der Waals surface area contributed by atoms with Crippen molar-refractivity contribution >= 4 is 23.2 Å². The number of rotatable bonds is 6. The zero-order valence-electron chi connectivity index (χ0n) is 27.3. The highest BCUT2D eigenvalue weighted by atomic mass is 19.4. The molecule has 0 spiro atoms. The van der Waals surface area contributed by atoms with Crippen LogP contribution in [0.4, 0.5) is 28.9 Å². The van der Waals surface area contributed by atoms with Crippen LogP contribution in [0.2, 0.25) is 0 Å². The SMILES string of the molecule is Cc1ccc(NC(=O)C2C[C@@H]3CN(C)C[C@@H]3N(C(=O)c3c(C)cccc3F)C2c2ccc(N(C)C3CCCC3)cc2)cc1C(F)(F)F. The molecule has 3 aliphatic rings. The van der Waals surface area contributed by atoms with Crippen LogP contribution >= 0.6 is 0 Å². The van der Waals surface area contributed by atoms with E-state index in [0.717, 1.165) is 30.2 Å². The lowest BCUT2D eigenvalue weighted by Gasteiger charge is -2.47. The van der Waals surface area contributed by atoms with E-state index in [1.165, 1.54) is 38.0 Å². The minimum atomic E-state index is -4.58. The van der Waals surface area contributed by atoms with E-state index in [0.29, 0.717) is 31.1 Å². The maximum Gasteiger partial charge on any atom is 0.416 e. The van der Waals surface area contributed by atoms with Crippen molar-refractivity contribution in [2.24, 2.45) is 11.8 Å². The molecule has 6 nitrogen and oxygen atoms in total. The third-order valence-corrected chi connectivity index (χ3v) is 10.5. The van der Waals surface area contributed by atoms with E-state index in [1.54, 1.807) is 24.0 Å². The van der Waals surface area contributed by atoms with E-state index in [9.17, 15) is 22.8 Å². The van der Waals surface area contributed by atoms with Gasteiger partial charge in [0.2, 0.25) is 5.91 Å². The molecule has 10 heteroatoms. The molecule has 2 heterocycles. The van der Waals surface area contributed by atoms with Gasteiger partial charge in [0.15, 0.2) is 0 Å². The molecule has 3 aromatic rings. The Balaban J connectivity index is 1.42. The Morgan fingerprint density at radius 1 is 0.936 bits per heavy atom. The van der Waals surface area contributed by atoms with Gasteiger partial charge in [-0.05, 0) is 93.1 Å². The monoisotopic (exact) mass is 650 g/mol. The highest BCUT2D eigenvalue weighted by Gasteiger charge is 2.51. The number of anilines is 2. The largest absolute Gasteiger partial charge is 0.416 e. The van der Waals surface area contributed by atoms with Crippen LogP contribution in [0.1, 0.15) is 70.8 Å². The van der Waals surface area contributed by atoms with Gasteiger partial charge in [0, 0.05) is 43.6 Å². The Labute approximate surface area is 273 Å². The van der Waals surface area contributed by atoms with E-state index < -0.39 is 41.3 Å². The average Bonchev–Trinajstić information content (AvgIpc) is 3.69. The van der Waals surface area contributed by atoms with Gasteiger partial charge in [-0.2, -0.15) is 13.2 Å². The number of benzene rings is 3. The summed E-state index contributed by atoms with van der Waals surface area (Å²) in [6, 6.07) is 15.6. The molecule has 2 unspecified atom stereocenters. The Bertz CT molecular complexity index is 1620. The van der Waals surface area contributed by atoms with E-state index in [4.69, 9.17) is 0 Å². The summed E-state index contributed by atoms with van der Waals surface area (Å²) in [6.07, 6.45) is 0.487. The lowest BCUT2D eigenvalue weighted by Crippen LogP contribution is -2.55. The quantitative estimate of drug-likeness (QED) is 0.279. The fourth-order valence-electron chi connectivity index (χ4n) is 8.07. The predicted molar refractivity (Wildman–Crippen MR) is 175 cm³/mol. The number of hydrogen-bond acceptors (Lipinski definition) is 4. The van der Waals surface area contributed by atoms with Gasteiger partial charge in [-0.15, -0.1) is 0 Å². The second-order valence-corrected chi connectivity index (χ2v) is 13.6. The molecule has 2 saturated heterocycles. The maximum absolute atomic E-state index is 15.4. The lowest BCUT2D eigenvalue weighted by atomic mass is 9.76. The molecule has 1 N–H and O–H groups in total. The van der Waals surface area contributed by atoms with Crippen LogP contribution in [-0.2, 0) is 11.0 Å². The van der Waals surface area contributed by atoms with Crippen molar-refractivity contribution in [3.05, 3.63) is 94.3 Å². The van der Waals surface area contributed by atoms with Crippen LogP contribution in [0, 0.1) is 31.5 Å². The number of nitrogens with one attached hydrogen (secondary N) is 1. The number of amides is 2. The fourth-order valence-corrected chi connectivity index (χ4v) is 8.07. The number of piperidine rings is 1. The summed E-state index contributed by atoms with van der Waals surface area (Å²) in [4.78, 5) is 34.8. The van der Waals surface area contributed by atoms with Crippen molar-refractivity contribution in [3.63, 3.8) is 0 Å². The standard InChI is InChI=1S/C37H42F4N4O2/c1-22-12-15-26(19-30(22)37(39,40)41)42-35(46)29-18-25-20-43(3)21-32(25)45(36(47)33-23(2)8-7-11-31(33)38)34(29)24-13-16-28(17-14-24)44(4)27-9-5-6-10-27/h7-8,11-17,19,25,27,29,32,34H,5-6,9-10,18,20-21H2,1-4H3,(H,42,46)/t25-,29?,32+,34?/m1/s1. The number of hydrogen-bond donors (Lipinski definition) is 1. The van der Waals surface area contributed by atoms with Gasteiger partial charge < -0.3 is 20.0 Å². The number of carbonyl (C=O) groups excluding carboxylic acids is 2. The summed E-state index contributed by atoms with van der Waals surface area (Å²) < 4.78 is 56.6. The van der Waals surface area contributed by atoms with Crippen LogP contribution in [0.15, 0.2) is 60.7 Å². The molecule has 4 atom stereocenters. The van der Waals surface area contributed by atoms with Gasteiger partial charge in [-0.3, -0.25) is 9.59 Å². The van der Waals surface area contributed by atoms with Crippen molar-refractivity contribution in [2.45, 2.75) is 70.3 Å². The summed E-state index contributed by atoms with van der Waals surface area (Å²) in [7, 11) is 4.03. The zero-order valence-corrected chi connectivity index (χ0v) is 27.3. The fraction of sp³-hybridized carbons (Fsp3) is 0.459. The van der Waals surface area contributed by atoms with Gasteiger partial charge >= 0.3 is 6.18 Å². The molecule has 2 aliphatic heterocycles. The molecular formula is C37H42F4N4O2. The summed E-state index contributed by atoms with van der Waals surface area (Å²) in [6.45, 7) is 4.27. The van der Waals surface area contributed by atoms with Crippen LogP contribution in [0.3, 0.4) is 0 Å². The number of fused-ring (bicyclic) bond motifs is 1. The first-order chi connectivity index (χ1) is 22.3. The molecular weight excluding hydrogens is 608 g/mol. The lowest BCUT2D eigenvalue weighted by molar-refractivity contribution is -0.138. The number of aryl methyl sites for hydroxylation is 2. The highest BCUT2D eigenvalue weighted by Crippen LogP contribution is 2.46. The predicted octanol–water partition coefficient (Wildman–Crippen LogP) is 7.61. The van der Waals surface area contributed by atoms with Gasteiger partial charge in [0.05, 0.1) is 23.1 Å². The Morgan fingerprint density at radius 3 is 2.30 bits per heavy atom. The number of alkyl halides is 3. The molecule has 3 fully saturated rings. The van der Waals surface area contributed by atoms with Crippen molar-refractivity contribution in [1.82, 2.24) is 9.80 Å². The summed E-state index contributed by atoms with van der Waals surface area (Å²) in [5.74, 6) is -2.48. The topological polar surface area (TPSA) is 55.9 Å². The van der Waals surface area contributed by atoms with Crippen LogP contribution in [0.25, 0.3) is 0 Å². The molecule has 2 amide bonds. The normalized spacial score (nSPS) is 23.5. The molecule has 0 radical (unpaired) electrons. The summed E-state index contributed by atoms with van der Waals surface area (Å²) >= 11 is 0. The van der Waals surface area contributed by atoms with Gasteiger partial charge in [-0.1, -0.05) is 43.2 Å². The summed E-state index contributed by atoms with van der Waals surface area (Å²) in [5, 5.41) is 2.76. The molecule has 47 heavy (non-hydrogen) atoms. The average molecular weight is 651 g/mol. The van der Waals surface area contributed by atoms with E-state index in [2.05, 4.69) is 22.2 Å². The van der Waals surface area contributed by atoms with Crippen LogP contribution in [0.5, 0.6) is 0 Å². The van der Waals surface area contributed by atoms with E-state index in [1.807, 2.05) is 31.3 Å². The maximum atomic E-state index is 15.4. The van der Waals surface area contributed by atoms with Gasteiger partial charge in [-0.25, -0.2) is 4.39 Å². The Hall–Kier alpha value is -3.92. The third kappa shape index (κ3) is 6.49. The second kappa shape index (κ2) is 12.9. The highest BCUT2D eigenvalue weighted by molar-refractivity contribution is 5.98.